The molecule has 1 amide bonds. The molecule has 0 spiro atoms. The Morgan fingerprint density at radius 2 is 1.94 bits per heavy atom. The Balaban J connectivity index is 2.03. The number of benzene rings is 1. The lowest BCUT2D eigenvalue weighted by Gasteiger charge is -2.04. The van der Waals surface area contributed by atoms with E-state index in [1.807, 2.05) is 31.2 Å². The first-order valence-electron chi connectivity index (χ1n) is 5.69. The summed E-state index contributed by atoms with van der Waals surface area (Å²) in [6.07, 6.45) is 4.43. The third-order valence-electron chi connectivity index (χ3n) is 2.89. The maximum Gasteiger partial charge on any atom is 0.271 e. The second kappa shape index (κ2) is 4.92. The smallest absolute Gasteiger partial charge is 0.267 e. The van der Waals surface area contributed by atoms with E-state index in [4.69, 9.17) is 0 Å². The van der Waals surface area contributed by atoms with Crippen LogP contribution >= 0.6 is 0 Å². The molecule has 0 unspecified atom stereocenters. The van der Waals surface area contributed by atoms with Gasteiger partial charge in [-0.2, -0.15) is 5.10 Å². The van der Waals surface area contributed by atoms with Crippen LogP contribution in [0.5, 0.6) is 0 Å². The Bertz CT molecular complexity index is 416. The molecule has 1 saturated carbocycles. The summed E-state index contributed by atoms with van der Waals surface area (Å²) in [6.45, 7) is 1.93. The standard InChI is InChI=1S/C13H16N2O/c1-10-6-2-5-9-12(10)13(16)15-14-11-7-3-4-8-11/h2,5-6,9H,3-4,7-8H2,1H3,(H,15,16). The first-order chi connectivity index (χ1) is 7.77. The Morgan fingerprint density at radius 1 is 1.25 bits per heavy atom. The van der Waals surface area contributed by atoms with Gasteiger partial charge in [0.1, 0.15) is 0 Å². The predicted octanol–water partition coefficient (Wildman–Crippen LogP) is 2.65. The van der Waals surface area contributed by atoms with Crippen LogP contribution in [0.1, 0.15) is 41.6 Å². The molecule has 1 aliphatic carbocycles. The SMILES string of the molecule is Cc1ccccc1C(=O)NN=C1CCCC1. The Labute approximate surface area is 95.6 Å². The molecule has 1 aromatic rings. The molecule has 1 fully saturated rings. The summed E-state index contributed by atoms with van der Waals surface area (Å²) in [6, 6.07) is 7.54. The van der Waals surface area contributed by atoms with Crippen molar-refractivity contribution >= 4 is 11.6 Å². The molecule has 3 heteroatoms. The van der Waals surface area contributed by atoms with Gasteiger partial charge in [-0.15, -0.1) is 0 Å². The van der Waals surface area contributed by atoms with E-state index < -0.39 is 0 Å². The van der Waals surface area contributed by atoms with Crippen LogP contribution in [-0.2, 0) is 0 Å². The van der Waals surface area contributed by atoms with Crippen LogP contribution in [0, 0.1) is 6.92 Å². The molecule has 0 heterocycles. The number of carbonyl (C=O) groups excluding carboxylic acids is 1. The first-order valence-corrected chi connectivity index (χ1v) is 5.69. The van der Waals surface area contributed by atoms with Gasteiger partial charge in [-0.05, 0) is 44.2 Å². The molecule has 2 rings (SSSR count). The highest BCUT2D eigenvalue weighted by atomic mass is 16.2. The molecule has 0 radical (unpaired) electrons. The summed E-state index contributed by atoms with van der Waals surface area (Å²) in [7, 11) is 0. The van der Waals surface area contributed by atoms with E-state index in [1.54, 1.807) is 0 Å². The summed E-state index contributed by atoms with van der Waals surface area (Å²) in [5.41, 5.74) is 5.42. The summed E-state index contributed by atoms with van der Waals surface area (Å²) >= 11 is 0. The third kappa shape index (κ3) is 2.48. The molecular weight excluding hydrogens is 200 g/mol. The number of aryl methyl sites for hydroxylation is 1. The number of hydrogen-bond donors (Lipinski definition) is 1. The van der Waals surface area contributed by atoms with Gasteiger partial charge in [0.25, 0.3) is 5.91 Å². The molecule has 0 bridgehead atoms. The summed E-state index contributed by atoms with van der Waals surface area (Å²) < 4.78 is 0. The highest BCUT2D eigenvalue weighted by molar-refractivity contribution is 5.96. The van der Waals surface area contributed by atoms with E-state index in [9.17, 15) is 4.79 Å². The summed E-state index contributed by atoms with van der Waals surface area (Å²) in [4.78, 5) is 11.8. The van der Waals surface area contributed by atoms with Crippen LogP contribution in [0.2, 0.25) is 0 Å². The quantitative estimate of drug-likeness (QED) is 0.759. The van der Waals surface area contributed by atoms with Gasteiger partial charge in [-0.3, -0.25) is 4.79 Å². The van der Waals surface area contributed by atoms with Crippen molar-refractivity contribution in [1.29, 1.82) is 0 Å². The zero-order valence-corrected chi connectivity index (χ0v) is 9.49. The van der Waals surface area contributed by atoms with Crippen LogP contribution in [0.3, 0.4) is 0 Å². The van der Waals surface area contributed by atoms with Crippen LogP contribution in [0.15, 0.2) is 29.4 Å². The predicted molar refractivity (Wildman–Crippen MR) is 64.5 cm³/mol. The van der Waals surface area contributed by atoms with Gasteiger partial charge >= 0.3 is 0 Å². The largest absolute Gasteiger partial charge is 0.271 e. The van der Waals surface area contributed by atoms with Crippen molar-refractivity contribution in [3.63, 3.8) is 0 Å². The fraction of sp³-hybridized carbons (Fsp3) is 0.385. The molecule has 84 valence electrons. The van der Waals surface area contributed by atoms with Gasteiger partial charge in [-0.25, -0.2) is 5.43 Å². The minimum atomic E-state index is -0.113. The Morgan fingerprint density at radius 3 is 2.62 bits per heavy atom. The number of carbonyl (C=O) groups is 1. The highest BCUT2D eigenvalue weighted by Crippen LogP contribution is 2.14. The monoisotopic (exact) mass is 216 g/mol. The number of amides is 1. The van der Waals surface area contributed by atoms with Crippen LogP contribution in [0.4, 0.5) is 0 Å². The average molecular weight is 216 g/mol. The first kappa shape index (κ1) is 10.9. The fourth-order valence-corrected chi connectivity index (χ4v) is 1.91. The van der Waals surface area contributed by atoms with Gasteiger partial charge in [-0.1, -0.05) is 18.2 Å². The molecule has 0 aliphatic heterocycles. The minimum Gasteiger partial charge on any atom is -0.267 e. The van der Waals surface area contributed by atoms with Crippen LogP contribution < -0.4 is 5.43 Å². The molecule has 1 N–H and O–H groups in total. The van der Waals surface area contributed by atoms with Crippen molar-refractivity contribution in [3.8, 4) is 0 Å². The average Bonchev–Trinajstić information content (AvgIpc) is 2.79. The second-order valence-corrected chi connectivity index (χ2v) is 4.14. The normalized spacial score (nSPS) is 14.9. The van der Waals surface area contributed by atoms with Crippen molar-refractivity contribution in [2.24, 2.45) is 5.10 Å². The lowest BCUT2D eigenvalue weighted by atomic mass is 10.1. The lowest BCUT2D eigenvalue weighted by molar-refractivity contribution is 0.0954. The van der Waals surface area contributed by atoms with Crippen LogP contribution in [0.25, 0.3) is 0 Å². The van der Waals surface area contributed by atoms with E-state index in [1.165, 1.54) is 12.8 Å². The van der Waals surface area contributed by atoms with Gasteiger partial charge in [0, 0.05) is 11.3 Å². The summed E-state index contributed by atoms with van der Waals surface area (Å²) in [5.74, 6) is -0.113. The third-order valence-corrected chi connectivity index (χ3v) is 2.89. The fourth-order valence-electron chi connectivity index (χ4n) is 1.91. The molecule has 1 aromatic carbocycles. The number of rotatable bonds is 2. The maximum absolute atomic E-state index is 11.8. The van der Waals surface area contributed by atoms with Crippen molar-refractivity contribution in [2.75, 3.05) is 0 Å². The molecule has 3 nitrogen and oxygen atoms in total. The van der Waals surface area contributed by atoms with Gasteiger partial charge < -0.3 is 0 Å². The summed E-state index contributed by atoms with van der Waals surface area (Å²) in [5, 5.41) is 4.16. The van der Waals surface area contributed by atoms with Crippen LogP contribution in [-0.4, -0.2) is 11.6 Å². The van der Waals surface area contributed by atoms with E-state index in [2.05, 4.69) is 10.5 Å². The zero-order valence-electron chi connectivity index (χ0n) is 9.49. The van der Waals surface area contributed by atoms with Gasteiger partial charge in [0.05, 0.1) is 0 Å². The highest BCUT2D eigenvalue weighted by Gasteiger charge is 2.10. The van der Waals surface area contributed by atoms with Gasteiger partial charge in [0.2, 0.25) is 0 Å². The molecule has 0 atom stereocenters. The minimum absolute atomic E-state index is 0.113. The zero-order chi connectivity index (χ0) is 11.4. The Hall–Kier alpha value is -1.64. The molecule has 0 saturated heterocycles. The van der Waals surface area contributed by atoms with E-state index >= 15 is 0 Å². The van der Waals surface area contributed by atoms with Crippen molar-refractivity contribution < 1.29 is 4.79 Å². The van der Waals surface area contributed by atoms with Crippen molar-refractivity contribution in [1.82, 2.24) is 5.43 Å². The maximum atomic E-state index is 11.8. The second-order valence-electron chi connectivity index (χ2n) is 4.14. The van der Waals surface area contributed by atoms with E-state index in [0.717, 1.165) is 24.1 Å². The molecule has 16 heavy (non-hydrogen) atoms. The molecule has 1 aliphatic rings. The van der Waals surface area contributed by atoms with Crippen molar-refractivity contribution in [2.45, 2.75) is 32.6 Å². The topological polar surface area (TPSA) is 41.5 Å². The van der Waals surface area contributed by atoms with E-state index in [-0.39, 0.29) is 5.91 Å². The number of nitrogens with zero attached hydrogens (tertiary/aromatic N) is 1. The number of hydrazone groups is 1. The molecular formula is C13H16N2O. The van der Waals surface area contributed by atoms with E-state index in [0.29, 0.717) is 5.56 Å². The molecule has 0 aromatic heterocycles. The lowest BCUT2D eigenvalue weighted by Crippen LogP contribution is -2.19. The van der Waals surface area contributed by atoms with Crippen molar-refractivity contribution in [3.05, 3.63) is 35.4 Å². The Kier molecular flexibility index (Phi) is 3.34. The van der Waals surface area contributed by atoms with Gasteiger partial charge in [0.15, 0.2) is 0 Å². The number of nitrogens with one attached hydrogen (secondary N) is 1. The number of hydrogen-bond acceptors (Lipinski definition) is 2.